The lowest BCUT2D eigenvalue weighted by Gasteiger charge is -2.10. The van der Waals surface area contributed by atoms with Gasteiger partial charge in [-0.25, -0.2) is 0 Å². The van der Waals surface area contributed by atoms with Crippen LogP contribution in [0.15, 0.2) is 24.3 Å². The molecular weight excluding hydrogens is 280 g/mol. The Balaban J connectivity index is 1.65. The number of hydrogen-bond donors (Lipinski definition) is 2. The van der Waals surface area contributed by atoms with Gasteiger partial charge in [-0.2, -0.15) is 0 Å². The topological polar surface area (TPSA) is 59.6 Å². The molecule has 0 bridgehead atoms. The SMILES string of the molecule is CCNCc1cccc(NC(=O)CCOCC2CCCO2)c1. The summed E-state index contributed by atoms with van der Waals surface area (Å²) in [7, 11) is 0. The second-order valence-electron chi connectivity index (χ2n) is 5.49. The van der Waals surface area contributed by atoms with E-state index in [0.29, 0.717) is 19.6 Å². The van der Waals surface area contributed by atoms with Crippen LogP contribution in [0.25, 0.3) is 0 Å². The van der Waals surface area contributed by atoms with Gasteiger partial charge >= 0.3 is 0 Å². The second kappa shape index (κ2) is 9.56. The number of carbonyl (C=O) groups excluding carboxylic acids is 1. The van der Waals surface area contributed by atoms with Crippen LogP contribution in [0.4, 0.5) is 5.69 Å². The van der Waals surface area contributed by atoms with Gasteiger partial charge in [0.25, 0.3) is 0 Å². The van der Waals surface area contributed by atoms with Crippen LogP contribution < -0.4 is 10.6 Å². The highest BCUT2D eigenvalue weighted by Gasteiger charge is 2.15. The number of hydrogen-bond acceptors (Lipinski definition) is 4. The molecule has 2 rings (SSSR count). The highest BCUT2D eigenvalue weighted by Crippen LogP contribution is 2.13. The predicted octanol–water partition coefficient (Wildman–Crippen LogP) is 2.32. The normalized spacial score (nSPS) is 17.6. The van der Waals surface area contributed by atoms with E-state index in [-0.39, 0.29) is 12.0 Å². The van der Waals surface area contributed by atoms with Crippen molar-refractivity contribution in [1.29, 1.82) is 0 Å². The Labute approximate surface area is 132 Å². The fourth-order valence-electron chi connectivity index (χ4n) is 2.41. The van der Waals surface area contributed by atoms with Gasteiger partial charge < -0.3 is 20.1 Å². The highest BCUT2D eigenvalue weighted by molar-refractivity contribution is 5.90. The lowest BCUT2D eigenvalue weighted by atomic mass is 10.2. The van der Waals surface area contributed by atoms with E-state index >= 15 is 0 Å². The fourth-order valence-corrected chi connectivity index (χ4v) is 2.41. The van der Waals surface area contributed by atoms with Crippen molar-refractivity contribution in [3.63, 3.8) is 0 Å². The maximum atomic E-state index is 11.9. The summed E-state index contributed by atoms with van der Waals surface area (Å²) in [5, 5.41) is 6.18. The number of amides is 1. The van der Waals surface area contributed by atoms with E-state index in [1.807, 2.05) is 24.3 Å². The average molecular weight is 306 g/mol. The molecule has 0 saturated carbocycles. The van der Waals surface area contributed by atoms with E-state index in [2.05, 4.69) is 17.6 Å². The van der Waals surface area contributed by atoms with Crippen LogP contribution in [0.3, 0.4) is 0 Å². The third kappa shape index (κ3) is 6.13. The first kappa shape index (κ1) is 16.9. The molecule has 1 aliphatic rings. The van der Waals surface area contributed by atoms with Crippen LogP contribution in [0.5, 0.6) is 0 Å². The molecule has 0 aromatic heterocycles. The summed E-state index contributed by atoms with van der Waals surface area (Å²) in [5.74, 6) is -0.0204. The lowest BCUT2D eigenvalue weighted by Crippen LogP contribution is -2.18. The zero-order valence-corrected chi connectivity index (χ0v) is 13.3. The highest BCUT2D eigenvalue weighted by atomic mass is 16.5. The van der Waals surface area contributed by atoms with Crippen molar-refractivity contribution in [3.8, 4) is 0 Å². The monoisotopic (exact) mass is 306 g/mol. The first-order valence-corrected chi connectivity index (χ1v) is 8.07. The maximum absolute atomic E-state index is 11.9. The molecule has 0 spiro atoms. The van der Waals surface area contributed by atoms with Crippen LogP contribution in [0.2, 0.25) is 0 Å². The molecule has 122 valence electrons. The Morgan fingerprint density at radius 1 is 1.45 bits per heavy atom. The number of benzene rings is 1. The molecule has 1 fully saturated rings. The van der Waals surface area contributed by atoms with E-state index in [9.17, 15) is 4.79 Å². The van der Waals surface area contributed by atoms with E-state index in [1.165, 1.54) is 0 Å². The predicted molar refractivity (Wildman–Crippen MR) is 86.9 cm³/mol. The fraction of sp³-hybridized carbons (Fsp3) is 0.588. The third-order valence-corrected chi connectivity index (χ3v) is 3.59. The zero-order valence-electron chi connectivity index (χ0n) is 13.3. The van der Waals surface area contributed by atoms with Crippen molar-refractivity contribution in [1.82, 2.24) is 5.32 Å². The van der Waals surface area contributed by atoms with Crippen LogP contribution in [0.1, 0.15) is 31.7 Å². The Morgan fingerprint density at radius 3 is 3.14 bits per heavy atom. The van der Waals surface area contributed by atoms with Crippen molar-refractivity contribution >= 4 is 11.6 Å². The third-order valence-electron chi connectivity index (χ3n) is 3.59. The summed E-state index contributed by atoms with van der Waals surface area (Å²) < 4.78 is 11.0. The van der Waals surface area contributed by atoms with E-state index in [1.54, 1.807) is 0 Å². The molecule has 1 aromatic rings. The molecule has 1 heterocycles. The van der Waals surface area contributed by atoms with Crippen LogP contribution in [0, 0.1) is 0 Å². The minimum absolute atomic E-state index is 0.0204. The van der Waals surface area contributed by atoms with Gasteiger partial charge in [0.2, 0.25) is 5.91 Å². The minimum atomic E-state index is -0.0204. The van der Waals surface area contributed by atoms with Gasteiger partial charge in [0.15, 0.2) is 0 Å². The van der Waals surface area contributed by atoms with Gasteiger partial charge in [-0.1, -0.05) is 19.1 Å². The smallest absolute Gasteiger partial charge is 0.226 e. The van der Waals surface area contributed by atoms with Gasteiger partial charge in [0, 0.05) is 18.8 Å². The molecule has 1 amide bonds. The molecule has 2 N–H and O–H groups in total. The van der Waals surface area contributed by atoms with E-state index in [4.69, 9.17) is 9.47 Å². The summed E-state index contributed by atoms with van der Waals surface area (Å²) in [6.45, 7) is 5.66. The summed E-state index contributed by atoms with van der Waals surface area (Å²) in [5.41, 5.74) is 1.99. The van der Waals surface area contributed by atoms with Gasteiger partial charge in [0.05, 0.1) is 25.7 Å². The Bertz CT molecular complexity index is 459. The summed E-state index contributed by atoms with van der Waals surface area (Å²) >= 11 is 0. The summed E-state index contributed by atoms with van der Waals surface area (Å²) in [4.78, 5) is 11.9. The molecule has 1 unspecified atom stereocenters. The molecular formula is C17H26N2O3. The van der Waals surface area contributed by atoms with Crippen molar-refractivity contribution in [2.24, 2.45) is 0 Å². The molecule has 5 nitrogen and oxygen atoms in total. The molecule has 1 aromatic carbocycles. The molecule has 1 saturated heterocycles. The van der Waals surface area contributed by atoms with Crippen molar-refractivity contribution in [3.05, 3.63) is 29.8 Å². The van der Waals surface area contributed by atoms with Crippen LogP contribution >= 0.6 is 0 Å². The molecule has 0 aliphatic carbocycles. The van der Waals surface area contributed by atoms with E-state index < -0.39 is 0 Å². The van der Waals surface area contributed by atoms with Crippen molar-refractivity contribution in [2.75, 3.05) is 31.7 Å². The van der Waals surface area contributed by atoms with Crippen LogP contribution in [-0.2, 0) is 20.8 Å². The quantitative estimate of drug-likeness (QED) is 0.687. The average Bonchev–Trinajstić information content (AvgIpc) is 3.03. The van der Waals surface area contributed by atoms with Crippen molar-refractivity contribution in [2.45, 2.75) is 38.8 Å². The van der Waals surface area contributed by atoms with Gasteiger partial charge in [-0.05, 0) is 37.1 Å². The Hall–Kier alpha value is -1.43. The lowest BCUT2D eigenvalue weighted by molar-refractivity contribution is -0.117. The molecule has 5 heteroatoms. The van der Waals surface area contributed by atoms with Gasteiger partial charge in [-0.15, -0.1) is 0 Å². The Kier molecular flexibility index (Phi) is 7.36. The van der Waals surface area contributed by atoms with E-state index in [0.717, 1.165) is 43.8 Å². The summed E-state index contributed by atoms with van der Waals surface area (Å²) in [6, 6.07) is 7.90. The summed E-state index contributed by atoms with van der Waals surface area (Å²) in [6.07, 6.45) is 2.75. The molecule has 0 radical (unpaired) electrons. The number of rotatable bonds is 9. The first-order valence-electron chi connectivity index (χ1n) is 8.07. The number of ether oxygens (including phenoxy) is 2. The standard InChI is InChI=1S/C17H26N2O3/c1-2-18-12-14-5-3-6-15(11-14)19-17(20)8-10-21-13-16-7-4-9-22-16/h3,5-6,11,16,18H,2,4,7-10,12-13H2,1H3,(H,19,20). The number of anilines is 1. The number of carbonyl (C=O) groups is 1. The number of nitrogens with one attached hydrogen (secondary N) is 2. The molecule has 22 heavy (non-hydrogen) atoms. The van der Waals surface area contributed by atoms with Gasteiger partial charge in [-0.3, -0.25) is 4.79 Å². The minimum Gasteiger partial charge on any atom is -0.378 e. The Morgan fingerprint density at radius 2 is 2.36 bits per heavy atom. The van der Waals surface area contributed by atoms with Gasteiger partial charge in [0.1, 0.15) is 0 Å². The largest absolute Gasteiger partial charge is 0.378 e. The maximum Gasteiger partial charge on any atom is 0.226 e. The van der Waals surface area contributed by atoms with Crippen LogP contribution in [-0.4, -0.2) is 38.4 Å². The molecule has 1 atom stereocenters. The molecule has 1 aliphatic heterocycles. The second-order valence-corrected chi connectivity index (χ2v) is 5.49. The van der Waals surface area contributed by atoms with Crippen molar-refractivity contribution < 1.29 is 14.3 Å². The first-order chi connectivity index (χ1) is 10.8. The zero-order chi connectivity index (χ0) is 15.6.